The number of aliphatic hydroxyl groups is 2. The smallest absolute Gasteiger partial charge is 0.329 e. The molecule has 15 atom stereocenters. The number of aromatic nitrogens is 5. The van der Waals surface area contributed by atoms with Gasteiger partial charge >= 0.3 is 11.9 Å². The van der Waals surface area contributed by atoms with Crippen LogP contribution in [0.15, 0.2) is 94.7 Å². The molecule has 0 spiro atoms. The van der Waals surface area contributed by atoms with E-state index in [1.807, 2.05) is 72.9 Å². The number of oxazole rings is 1. The fourth-order valence-electron chi connectivity index (χ4n) is 17.8. The Morgan fingerprint density at radius 3 is 2.03 bits per heavy atom. The quantitative estimate of drug-likeness (QED) is 0.0122. The van der Waals surface area contributed by atoms with Crippen molar-refractivity contribution in [2.45, 2.75) is 238 Å². The van der Waals surface area contributed by atoms with E-state index >= 15 is 0 Å². The molecule has 1 saturated carbocycles. The molecule has 2 amide bonds. The van der Waals surface area contributed by atoms with Gasteiger partial charge in [-0.15, -0.1) is 0 Å². The van der Waals surface area contributed by atoms with Gasteiger partial charge in [0.1, 0.15) is 65.4 Å². The Labute approximate surface area is 774 Å². The molecule has 34 nitrogen and oxygen atoms in total. The first-order valence-corrected chi connectivity index (χ1v) is 47.0. The van der Waals surface area contributed by atoms with Crippen molar-refractivity contribution in [2.75, 3.05) is 152 Å². The van der Waals surface area contributed by atoms with Gasteiger partial charge in [-0.25, -0.2) is 19.4 Å². The molecule has 34 heteroatoms. The van der Waals surface area contributed by atoms with Crippen LogP contribution in [-0.2, 0) is 124 Å². The minimum absolute atomic E-state index is 0.0101. The molecule has 5 aliphatic rings. The molecule has 728 valence electrons. The number of nitrogens with two attached hydrogens (primary N) is 2. The number of hydrogen-bond donors (Lipinski definition) is 4. The molecular formula is C98H141N9O25. The van der Waals surface area contributed by atoms with Crippen molar-refractivity contribution in [1.82, 2.24) is 34.5 Å². The van der Waals surface area contributed by atoms with Crippen molar-refractivity contribution in [2.24, 2.45) is 35.5 Å². The number of anilines is 2. The van der Waals surface area contributed by atoms with Gasteiger partial charge in [-0.2, -0.15) is 10.1 Å². The molecule has 2 bridgehead atoms. The van der Waals surface area contributed by atoms with Crippen LogP contribution in [0.25, 0.3) is 33.4 Å². The second-order valence-electron chi connectivity index (χ2n) is 35.6. The van der Waals surface area contributed by atoms with Crippen LogP contribution >= 0.6 is 0 Å². The predicted molar refractivity (Wildman–Crippen MR) is 490 cm³/mol. The standard InChI is InChI=1S/C98H141N9O25/c1-63-18-12-11-13-19-64(2)82(118-8)58-76-28-23-69(7)98(117,132-76)92(114)95(115)106-34-15-14-21-78(106)96(116)130-83(59-79(109)65(3)53-68(6)90(113)91(120-10)89(112)67(5)52-63)66(4)54-70-25-29-81(84(56-70)119-9)129-86(111)22-17-37-122-41-45-126-48-50-127-46-42-123-38-32-75(108)20-16-36-121-40-44-125-49-51-128-47-43-124-39-33-85(110)105-35-31-72-55-71(24-26-74(72)61-105)60-107-94-87(93(99)101-62-102-94)88(104-107)73-27-30-80-77(57-73)103-97(100)131-80/h11-13,18-19,24,26-27,30,53,55,57,62-63,65-67,69-70,76,78,81-84,90-91,113,117H,14-17,20-23,25,28-29,31-52,54,56,58-61H2,1-10H3,(H2,100,103)(H2,99,101,102)/b13-11+,18-12+,64-19+,68-53+/t63-,65-,66-,67-,69-,70+,76+,78+,81-,82+,83+,84-,90-,91+,98-/m1/s1. The van der Waals surface area contributed by atoms with Crippen LogP contribution in [0.3, 0.4) is 0 Å². The van der Waals surface area contributed by atoms with Crippen LogP contribution in [0, 0.1) is 35.5 Å². The lowest BCUT2D eigenvalue weighted by molar-refractivity contribution is -0.265. The SMILES string of the molecule is CO[C@H]1C[C@@H]2CC[C@@H](C)[C@@](O)(O2)C(=O)C(=O)N2CCCC[C@H]2C(=O)O[C@H]([C@H](C)C[C@@H]2CC[C@@H](OC(=O)CCCOCCOCCOCCOCCC(=O)CCCOCCOCCOCCOCCC(=O)N3CCc4cc(Cn5nc(-c6ccc7oc(N)nc7c6)c6c(N)ncnc65)ccc4C3)[C@H](OC)C2)CC(=O)[C@H](C)/C=C(\C)[C@@H](O)[C@@H](OC)C(=O)[C@H](C)C[C@H](C)/C=C/C=C/C=C/1C. The first-order chi connectivity index (χ1) is 63.7. The Balaban J connectivity index is 0.536. The number of piperidine rings is 1. The fraction of sp³-hybridized carbons (Fsp3) is 0.653. The summed E-state index contributed by atoms with van der Waals surface area (Å²) in [4.78, 5) is 127. The molecule has 7 heterocycles. The number of hydrogen-bond acceptors (Lipinski definition) is 31. The zero-order chi connectivity index (χ0) is 94.6. The molecular weight excluding hydrogens is 1700 g/mol. The maximum absolute atomic E-state index is 14.8. The number of cyclic esters (lactones) is 1. The van der Waals surface area contributed by atoms with Gasteiger partial charge in [-0.05, 0) is 161 Å². The number of nitrogens with zero attached hydrogens (tertiary/aromatic N) is 7. The third-order valence-corrected chi connectivity index (χ3v) is 25.6. The minimum atomic E-state index is -2.48. The van der Waals surface area contributed by atoms with E-state index in [1.165, 1.54) is 23.9 Å². The Kier molecular flexibility index (Phi) is 42.9. The van der Waals surface area contributed by atoms with E-state index in [1.54, 1.807) is 54.1 Å². The summed E-state index contributed by atoms with van der Waals surface area (Å²) in [5, 5.41) is 29.4. The van der Waals surface area contributed by atoms with Crippen LogP contribution in [0.2, 0.25) is 0 Å². The molecule has 6 N–H and O–H groups in total. The number of nitrogen functional groups attached to an aromatic ring is 2. The Hall–Kier alpha value is -8.98. The number of esters is 2. The fourth-order valence-corrected chi connectivity index (χ4v) is 17.8. The third kappa shape index (κ3) is 31.3. The first-order valence-electron chi connectivity index (χ1n) is 47.0. The monoisotopic (exact) mass is 1840 g/mol. The largest absolute Gasteiger partial charge is 0.460 e. The number of carbonyl (C=O) groups is 8. The van der Waals surface area contributed by atoms with Crippen LogP contribution in [0.5, 0.6) is 0 Å². The predicted octanol–water partition coefficient (Wildman–Crippen LogP) is 10.5. The highest BCUT2D eigenvalue weighted by atomic mass is 16.6. The van der Waals surface area contributed by atoms with E-state index in [-0.39, 0.29) is 85.7 Å². The van der Waals surface area contributed by atoms with Gasteiger partial charge in [0.25, 0.3) is 17.7 Å². The van der Waals surface area contributed by atoms with Crippen molar-refractivity contribution in [3.8, 4) is 11.3 Å². The number of ketones is 4. The van der Waals surface area contributed by atoms with E-state index in [2.05, 4.69) is 33.2 Å². The maximum Gasteiger partial charge on any atom is 0.329 e. The lowest BCUT2D eigenvalue weighted by Crippen LogP contribution is -2.61. The molecule has 3 aromatic heterocycles. The molecule has 10 rings (SSSR count). The van der Waals surface area contributed by atoms with Crippen molar-refractivity contribution in [1.29, 1.82) is 0 Å². The van der Waals surface area contributed by atoms with Gasteiger partial charge in [-0.3, -0.25) is 33.6 Å². The summed E-state index contributed by atoms with van der Waals surface area (Å²) in [5.41, 5.74) is 19.9. The van der Waals surface area contributed by atoms with Crippen LogP contribution in [0.1, 0.15) is 181 Å². The summed E-state index contributed by atoms with van der Waals surface area (Å²) in [6.07, 6.45) is 14.4. The van der Waals surface area contributed by atoms with Gasteiger partial charge in [0.15, 0.2) is 17.0 Å². The minimum Gasteiger partial charge on any atom is -0.460 e. The van der Waals surface area contributed by atoms with Gasteiger partial charge < -0.3 is 102 Å². The summed E-state index contributed by atoms with van der Waals surface area (Å²) in [6.45, 7) is 19.9. The van der Waals surface area contributed by atoms with Crippen molar-refractivity contribution in [3.63, 3.8) is 0 Å². The van der Waals surface area contributed by atoms with Gasteiger partial charge in [0.05, 0.1) is 129 Å². The molecule has 132 heavy (non-hydrogen) atoms. The lowest BCUT2D eigenvalue weighted by atomic mass is 9.78. The number of Topliss-reactive ketones (excluding diaryl/α,β-unsaturated/α-hetero) is 4. The number of amides is 2. The van der Waals surface area contributed by atoms with Gasteiger partial charge in [0, 0.05) is 110 Å². The van der Waals surface area contributed by atoms with E-state index in [4.69, 9.17) is 87.3 Å². The van der Waals surface area contributed by atoms with Crippen molar-refractivity contribution < 1.29 is 119 Å². The maximum atomic E-state index is 14.8. The topological polar surface area (TPSA) is 434 Å². The van der Waals surface area contributed by atoms with E-state index in [0.29, 0.717) is 248 Å². The molecule has 1 aliphatic carbocycles. The second kappa shape index (κ2) is 53.9. The highest BCUT2D eigenvalue weighted by Crippen LogP contribution is 2.40. The summed E-state index contributed by atoms with van der Waals surface area (Å²) in [5.74, 6) is -8.56. The third-order valence-electron chi connectivity index (χ3n) is 25.6. The number of allylic oxidation sites excluding steroid dienone is 6. The molecule has 5 aromatic rings. The zero-order valence-corrected chi connectivity index (χ0v) is 78.7. The Bertz CT molecular complexity index is 4680. The van der Waals surface area contributed by atoms with Crippen molar-refractivity contribution >= 4 is 80.9 Å². The van der Waals surface area contributed by atoms with Crippen LogP contribution in [-0.4, -0.2) is 286 Å². The summed E-state index contributed by atoms with van der Waals surface area (Å²) in [7, 11) is 4.50. The van der Waals surface area contributed by atoms with Gasteiger partial charge in [0.2, 0.25) is 11.7 Å². The van der Waals surface area contributed by atoms with E-state index in [0.717, 1.165) is 28.7 Å². The highest BCUT2D eigenvalue weighted by Gasteiger charge is 2.53. The van der Waals surface area contributed by atoms with Gasteiger partial charge in [-0.1, -0.05) is 89.3 Å². The highest BCUT2D eigenvalue weighted by molar-refractivity contribution is 6.39. The van der Waals surface area contributed by atoms with E-state index in [9.17, 15) is 48.6 Å². The summed E-state index contributed by atoms with van der Waals surface area (Å²) >= 11 is 0. The molecule has 2 saturated heterocycles. The molecule has 0 radical (unpaired) electrons. The zero-order valence-electron chi connectivity index (χ0n) is 78.7. The first kappa shape index (κ1) is 105. The Morgan fingerprint density at radius 2 is 1.35 bits per heavy atom. The van der Waals surface area contributed by atoms with Crippen LogP contribution in [0.4, 0.5) is 11.8 Å². The number of rotatable bonds is 42. The summed E-state index contributed by atoms with van der Waals surface area (Å²) in [6, 6.07) is 10.7. The number of ether oxygens (including phenoxy) is 14. The molecule has 0 unspecified atom stereocenters. The molecule has 2 aromatic carbocycles. The molecule has 4 aliphatic heterocycles. The average molecular weight is 1850 g/mol. The number of fused-ring (bicyclic) bond motifs is 6. The Morgan fingerprint density at radius 1 is 0.674 bits per heavy atom. The molecule has 3 fully saturated rings. The van der Waals surface area contributed by atoms with Crippen LogP contribution < -0.4 is 11.5 Å². The number of methoxy groups -OCH3 is 3. The number of carbonyl (C=O) groups excluding carboxylic acids is 8. The van der Waals surface area contributed by atoms with Crippen molar-refractivity contribution in [3.05, 3.63) is 107 Å². The van der Waals surface area contributed by atoms with E-state index < -0.39 is 95.9 Å². The second-order valence-corrected chi connectivity index (χ2v) is 35.6. The summed E-state index contributed by atoms with van der Waals surface area (Å²) < 4.78 is 88.6. The normalized spacial score (nSPS) is 26.4. The number of aliphatic hydroxyl groups excluding tert-OH is 1. The lowest BCUT2D eigenvalue weighted by Gasteiger charge is -2.42. The average Bonchev–Trinajstić information content (AvgIpc) is 1.19. The number of benzene rings is 2.